The molecule has 0 aliphatic heterocycles. The van der Waals surface area contributed by atoms with Crippen molar-refractivity contribution in [1.29, 1.82) is 0 Å². The molecule has 4 rings (SSSR count). The molecule has 0 bridgehead atoms. The van der Waals surface area contributed by atoms with E-state index < -0.39 is 10.0 Å². The van der Waals surface area contributed by atoms with Crippen molar-refractivity contribution < 1.29 is 12.8 Å². The minimum Gasteiger partial charge on any atom is -0.461 e. The van der Waals surface area contributed by atoms with Gasteiger partial charge in [-0.1, -0.05) is 19.3 Å². The van der Waals surface area contributed by atoms with Gasteiger partial charge in [0.2, 0.25) is 10.0 Å². The lowest BCUT2D eigenvalue weighted by molar-refractivity contribution is 0.535. The van der Waals surface area contributed by atoms with E-state index in [2.05, 4.69) is 4.72 Å². The van der Waals surface area contributed by atoms with Crippen molar-refractivity contribution in [2.75, 3.05) is 0 Å². The Labute approximate surface area is 137 Å². The van der Waals surface area contributed by atoms with Gasteiger partial charge in [0.25, 0.3) is 0 Å². The largest absolute Gasteiger partial charge is 0.461 e. The molecule has 0 atom stereocenters. The highest BCUT2D eigenvalue weighted by molar-refractivity contribution is 7.89. The second kappa shape index (κ2) is 5.95. The lowest BCUT2D eigenvalue weighted by Crippen LogP contribution is -2.32. The maximum absolute atomic E-state index is 12.6. The normalized spacial score (nSPS) is 19.8. The molecule has 23 heavy (non-hydrogen) atoms. The fraction of sp³-hybridized carbons (Fsp3) is 0.556. The Hall–Kier alpha value is -1.33. The van der Waals surface area contributed by atoms with Crippen LogP contribution in [0.25, 0.3) is 11.0 Å². The van der Waals surface area contributed by atoms with Crippen LogP contribution >= 0.6 is 0 Å². The highest BCUT2D eigenvalue weighted by Crippen LogP contribution is 2.32. The number of benzene rings is 1. The van der Waals surface area contributed by atoms with E-state index in [1.165, 1.54) is 18.4 Å². The average Bonchev–Trinajstić information content (AvgIpc) is 3.08. The Bertz CT molecular complexity index is 816. The molecule has 0 saturated heterocycles. The number of rotatable bonds is 3. The summed E-state index contributed by atoms with van der Waals surface area (Å²) in [4.78, 5) is 0.320. The summed E-state index contributed by atoms with van der Waals surface area (Å²) in [5, 5.41) is 1.08. The van der Waals surface area contributed by atoms with Crippen LogP contribution < -0.4 is 4.72 Å². The minimum absolute atomic E-state index is 0.0871. The predicted molar refractivity (Wildman–Crippen MR) is 90.1 cm³/mol. The molecule has 2 aliphatic carbocycles. The van der Waals surface area contributed by atoms with Crippen LogP contribution in [-0.4, -0.2) is 14.5 Å². The quantitative estimate of drug-likeness (QED) is 0.866. The van der Waals surface area contributed by atoms with Crippen LogP contribution in [0.15, 0.2) is 27.5 Å². The number of sulfonamides is 1. The number of nitrogens with one attached hydrogen (secondary N) is 1. The van der Waals surface area contributed by atoms with Crippen molar-refractivity contribution in [3.05, 3.63) is 29.5 Å². The van der Waals surface area contributed by atoms with Gasteiger partial charge in [0, 0.05) is 29.5 Å². The molecule has 2 aromatic rings. The summed E-state index contributed by atoms with van der Waals surface area (Å²) < 4.78 is 34.0. The van der Waals surface area contributed by atoms with Crippen LogP contribution in [-0.2, 0) is 22.9 Å². The number of furan rings is 1. The van der Waals surface area contributed by atoms with Gasteiger partial charge in [0.05, 0.1) is 4.90 Å². The van der Waals surface area contributed by atoms with E-state index in [4.69, 9.17) is 4.42 Å². The Kier molecular flexibility index (Phi) is 3.93. The molecule has 0 unspecified atom stereocenters. The molecule has 1 aromatic heterocycles. The SMILES string of the molecule is O=S(=O)(NC1CCCC1)c1ccc2c3c(oc2c1)CCCCC3. The lowest BCUT2D eigenvalue weighted by Gasteiger charge is -2.12. The Morgan fingerprint density at radius 3 is 2.61 bits per heavy atom. The van der Waals surface area contributed by atoms with E-state index in [0.29, 0.717) is 10.5 Å². The van der Waals surface area contributed by atoms with E-state index in [1.807, 2.05) is 6.07 Å². The number of fused-ring (bicyclic) bond motifs is 3. The third-order valence-electron chi connectivity index (χ3n) is 5.17. The van der Waals surface area contributed by atoms with Crippen LogP contribution in [0.5, 0.6) is 0 Å². The first kappa shape index (κ1) is 15.2. The Morgan fingerprint density at radius 2 is 1.78 bits per heavy atom. The maximum atomic E-state index is 12.6. The summed E-state index contributed by atoms with van der Waals surface area (Å²) in [6.45, 7) is 0. The highest BCUT2D eigenvalue weighted by Gasteiger charge is 2.24. The van der Waals surface area contributed by atoms with Gasteiger partial charge >= 0.3 is 0 Å². The molecule has 5 heteroatoms. The Morgan fingerprint density at radius 1 is 1.00 bits per heavy atom. The predicted octanol–water partition coefficient (Wildman–Crippen LogP) is 3.92. The van der Waals surface area contributed by atoms with Gasteiger partial charge < -0.3 is 4.42 Å². The molecule has 0 amide bonds. The smallest absolute Gasteiger partial charge is 0.240 e. The summed E-state index contributed by atoms with van der Waals surface area (Å²) in [6, 6.07) is 5.43. The summed E-state index contributed by atoms with van der Waals surface area (Å²) in [6.07, 6.45) is 9.68. The number of hydrogen-bond donors (Lipinski definition) is 1. The molecule has 0 spiro atoms. The van der Waals surface area contributed by atoms with Crippen molar-refractivity contribution in [3.63, 3.8) is 0 Å². The molecule has 1 heterocycles. The molecule has 1 saturated carbocycles. The molecular weight excluding hydrogens is 310 g/mol. The zero-order chi connectivity index (χ0) is 15.9. The highest BCUT2D eigenvalue weighted by atomic mass is 32.2. The van der Waals surface area contributed by atoms with Gasteiger partial charge in [-0.05, 0) is 44.2 Å². The van der Waals surface area contributed by atoms with Crippen molar-refractivity contribution in [1.82, 2.24) is 4.72 Å². The molecule has 124 valence electrons. The summed E-state index contributed by atoms with van der Waals surface area (Å²) >= 11 is 0. The summed E-state index contributed by atoms with van der Waals surface area (Å²) in [5.41, 5.74) is 2.00. The fourth-order valence-corrected chi connectivity index (χ4v) is 5.24. The lowest BCUT2D eigenvalue weighted by atomic mass is 10.1. The van der Waals surface area contributed by atoms with Crippen molar-refractivity contribution in [2.45, 2.75) is 68.7 Å². The average molecular weight is 333 g/mol. The van der Waals surface area contributed by atoms with Crippen LogP contribution in [0.2, 0.25) is 0 Å². The van der Waals surface area contributed by atoms with E-state index >= 15 is 0 Å². The monoisotopic (exact) mass is 333 g/mol. The van der Waals surface area contributed by atoms with Crippen molar-refractivity contribution in [3.8, 4) is 0 Å². The van der Waals surface area contributed by atoms with Gasteiger partial charge in [0.15, 0.2) is 0 Å². The molecule has 1 aromatic carbocycles. The minimum atomic E-state index is -3.45. The first-order chi connectivity index (χ1) is 11.1. The van der Waals surface area contributed by atoms with E-state index in [9.17, 15) is 8.42 Å². The standard InChI is InChI=1S/C18H23NO3S/c20-23(21,19-13-6-4-5-7-13)14-10-11-16-15-8-2-1-3-9-17(15)22-18(16)12-14/h10-13,19H,1-9H2. The van der Waals surface area contributed by atoms with Gasteiger partial charge in [-0.25, -0.2) is 13.1 Å². The summed E-state index contributed by atoms with van der Waals surface area (Å²) in [5.74, 6) is 1.05. The molecule has 1 N–H and O–H groups in total. The third-order valence-corrected chi connectivity index (χ3v) is 6.68. The molecular formula is C18H23NO3S. The number of aryl methyl sites for hydroxylation is 2. The maximum Gasteiger partial charge on any atom is 0.240 e. The second-order valence-electron chi connectivity index (χ2n) is 6.83. The molecule has 1 fully saturated rings. The summed E-state index contributed by atoms with van der Waals surface area (Å²) in [7, 11) is -3.45. The third kappa shape index (κ3) is 2.92. The fourth-order valence-electron chi connectivity index (χ4n) is 3.92. The number of hydrogen-bond acceptors (Lipinski definition) is 3. The second-order valence-corrected chi connectivity index (χ2v) is 8.54. The van der Waals surface area contributed by atoms with Gasteiger partial charge in [-0.15, -0.1) is 0 Å². The molecule has 2 aliphatic rings. The van der Waals surface area contributed by atoms with Gasteiger partial charge in [-0.3, -0.25) is 0 Å². The van der Waals surface area contributed by atoms with Crippen LogP contribution in [0.3, 0.4) is 0 Å². The van der Waals surface area contributed by atoms with E-state index in [0.717, 1.165) is 56.1 Å². The Balaban J connectivity index is 1.68. The van der Waals surface area contributed by atoms with Crippen LogP contribution in [0.1, 0.15) is 56.3 Å². The van der Waals surface area contributed by atoms with E-state index in [1.54, 1.807) is 12.1 Å². The van der Waals surface area contributed by atoms with E-state index in [-0.39, 0.29) is 6.04 Å². The van der Waals surface area contributed by atoms with Crippen LogP contribution in [0, 0.1) is 0 Å². The van der Waals surface area contributed by atoms with Crippen molar-refractivity contribution >= 4 is 21.0 Å². The topological polar surface area (TPSA) is 59.3 Å². The van der Waals surface area contributed by atoms with Gasteiger partial charge in [0.1, 0.15) is 11.3 Å². The first-order valence-electron chi connectivity index (χ1n) is 8.70. The zero-order valence-corrected chi connectivity index (χ0v) is 14.1. The zero-order valence-electron chi connectivity index (χ0n) is 13.3. The molecule has 0 radical (unpaired) electrons. The van der Waals surface area contributed by atoms with Crippen molar-refractivity contribution in [2.24, 2.45) is 0 Å². The first-order valence-corrected chi connectivity index (χ1v) is 10.2. The van der Waals surface area contributed by atoms with Gasteiger partial charge in [-0.2, -0.15) is 0 Å². The van der Waals surface area contributed by atoms with Crippen LogP contribution in [0.4, 0.5) is 0 Å². The molecule has 4 nitrogen and oxygen atoms in total.